The normalized spacial score (nSPS) is 25.5. The second-order valence-corrected chi connectivity index (χ2v) is 10.8. The van der Waals surface area contributed by atoms with Crippen LogP contribution in [0.15, 0.2) is 42.5 Å². The average Bonchev–Trinajstić information content (AvgIpc) is 3.71. The molecule has 3 aliphatic rings. The molecule has 6 heteroatoms. The molecule has 0 radical (unpaired) electrons. The number of methoxy groups -OCH3 is 2. The molecule has 1 N–H and O–H groups in total. The average molecular weight is 486 g/mol. The Kier molecular flexibility index (Phi) is 6.79. The number of nitrogens with zero attached hydrogens (tertiary/aromatic N) is 1. The van der Waals surface area contributed by atoms with Crippen LogP contribution < -0.4 is 4.90 Å². The molecule has 2 aliphatic carbocycles. The summed E-state index contributed by atoms with van der Waals surface area (Å²) in [6.45, 7) is 4.03. The fourth-order valence-electron chi connectivity index (χ4n) is 6.58. The molecular weight excluding hydrogens is 448 g/mol. The van der Waals surface area contributed by atoms with Crippen molar-refractivity contribution in [1.29, 1.82) is 0 Å². The van der Waals surface area contributed by atoms with Crippen LogP contribution in [0.1, 0.15) is 61.6 Å². The van der Waals surface area contributed by atoms with Crippen LogP contribution in [0.4, 0.5) is 14.5 Å². The van der Waals surface area contributed by atoms with E-state index in [1.165, 1.54) is 6.07 Å². The van der Waals surface area contributed by atoms with Crippen LogP contribution in [0.3, 0.4) is 0 Å². The summed E-state index contributed by atoms with van der Waals surface area (Å²) < 4.78 is 41.5. The van der Waals surface area contributed by atoms with Gasteiger partial charge in [-0.05, 0) is 78.8 Å². The van der Waals surface area contributed by atoms with E-state index in [4.69, 9.17) is 9.47 Å². The number of anilines is 1. The number of phenolic OH excluding ortho intramolecular Hbond substituents is 1. The number of hydrogen-bond acceptors (Lipinski definition) is 4. The van der Waals surface area contributed by atoms with E-state index in [2.05, 4.69) is 36.1 Å². The van der Waals surface area contributed by atoms with E-state index in [9.17, 15) is 5.11 Å². The Morgan fingerprint density at radius 1 is 0.943 bits per heavy atom. The van der Waals surface area contributed by atoms with Crippen LogP contribution >= 0.6 is 0 Å². The van der Waals surface area contributed by atoms with Gasteiger partial charge in [0.1, 0.15) is 5.75 Å². The van der Waals surface area contributed by atoms with Gasteiger partial charge in [0.2, 0.25) is 0 Å². The molecule has 190 valence electrons. The van der Waals surface area contributed by atoms with Gasteiger partial charge in [-0.2, -0.15) is 0 Å². The van der Waals surface area contributed by atoms with Crippen molar-refractivity contribution in [3.8, 4) is 5.75 Å². The first-order valence-corrected chi connectivity index (χ1v) is 12.9. The van der Waals surface area contributed by atoms with Crippen molar-refractivity contribution in [2.75, 3.05) is 32.2 Å². The lowest BCUT2D eigenvalue weighted by Gasteiger charge is -2.41. The third-order valence-electron chi connectivity index (χ3n) is 8.73. The van der Waals surface area contributed by atoms with Crippen molar-refractivity contribution in [3.05, 3.63) is 59.2 Å². The summed E-state index contributed by atoms with van der Waals surface area (Å²) >= 11 is 0. The third kappa shape index (κ3) is 4.79. The van der Waals surface area contributed by atoms with E-state index in [0.29, 0.717) is 17.4 Å². The minimum absolute atomic E-state index is 0.0151. The summed E-state index contributed by atoms with van der Waals surface area (Å²) in [6, 6.07) is 13.1. The van der Waals surface area contributed by atoms with Gasteiger partial charge in [-0.25, -0.2) is 8.78 Å². The number of piperidine rings is 1. The lowest BCUT2D eigenvalue weighted by atomic mass is 9.65. The third-order valence-corrected chi connectivity index (χ3v) is 8.73. The van der Waals surface area contributed by atoms with Crippen LogP contribution in [-0.4, -0.2) is 38.7 Å². The summed E-state index contributed by atoms with van der Waals surface area (Å²) in [5.41, 5.74) is 2.90. The molecule has 3 atom stereocenters. The Morgan fingerprint density at radius 3 is 2.20 bits per heavy atom. The highest BCUT2D eigenvalue weighted by Crippen LogP contribution is 2.56. The second-order valence-electron chi connectivity index (χ2n) is 10.8. The van der Waals surface area contributed by atoms with Crippen LogP contribution in [-0.2, 0) is 15.4 Å². The fraction of sp³-hybridized carbons (Fsp3) is 0.586. The van der Waals surface area contributed by atoms with Gasteiger partial charge in [0.05, 0.1) is 0 Å². The highest BCUT2D eigenvalue weighted by molar-refractivity contribution is 5.52. The Balaban J connectivity index is 1.41. The quantitative estimate of drug-likeness (QED) is 0.454. The first kappa shape index (κ1) is 24.5. The molecule has 0 bridgehead atoms. The Morgan fingerprint density at radius 2 is 1.60 bits per heavy atom. The number of fused-ring (bicyclic) bond motifs is 1. The van der Waals surface area contributed by atoms with E-state index >= 15 is 8.78 Å². The van der Waals surface area contributed by atoms with E-state index in [1.807, 2.05) is 0 Å². The highest BCUT2D eigenvalue weighted by Gasteiger charge is 2.50. The maximum atomic E-state index is 15.3. The molecule has 0 spiro atoms. The number of phenols is 1. The highest BCUT2D eigenvalue weighted by atomic mass is 19.3. The van der Waals surface area contributed by atoms with Gasteiger partial charge in [0.25, 0.3) is 5.92 Å². The van der Waals surface area contributed by atoms with Crippen LogP contribution in [0.5, 0.6) is 5.75 Å². The molecule has 1 heterocycles. The molecule has 0 aromatic heterocycles. The Hall–Kier alpha value is -2.18. The van der Waals surface area contributed by atoms with E-state index in [-0.39, 0.29) is 41.8 Å². The van der Waals surface area contributed by atoms with Crippen LogP contribution in [0.25, 0.3) is 0 Å². The predicted octanol–water partition coefficient (Wildman–Crippen LogP) is 6.52. The maximum absolute atomic E-state index is 15.3. The van der Waals surface area contributed by atoms with E-state index in [1.54, 1.807) is 26.4 Å². The molecule has 2 aromatic rings. The van der Waals surface area contributed by atoms with E-state index in [0.717, 1.165) is 50.0 Å². The van der Waals surface area contributed by atoms with Gasteiger partial charge in [0, 0.05) is 56.8 Å². The van der Waals surface area contributed by atoms with Crippen molar-refractivity contribution >= 4 is 5.69 Å². The molecule has 2 aromatic carbocycles. The monoisotopic (exact) mass is 485 g/mol. The first-order valence-electron chi connectivity index (χ1n) is 12.9. The molecule has 1 saturated carbocycles. The number of rotatable bonds is 7. The summed E-state index contributed by atoms with van der Waals surface area (Å²) in [6.07, 6.45) is 3.96. The van der Waals surface area contributed by atoms with Crippen molar-refractivity contribution in [3.63, 3.8) is 0 Å². The van der Waals surface area contributed by atoms with Gasteiger partial charge in [0.15, 0.2) is 6.29 Å². The van der Waals surface area contributed by atoms with Gasteiger partial charge in [-0.15, -0.1) is 0 Å². The van der Waals surface area contributed by atoms with Crippen LogP contribution in [0.2, 0.25) is 0 Å². The zero-order valence-electron chi connectivity index (χ0n) is 20.9. The topological polar surface area (TPSA) is 41.9 Å². The molecule has 0 amide bonds. The van der Waals surface area contributed by atoms with Crippen molar-refractivity contribution in [1.82, 2.24) is 0 Å². The van der Waals surface area contributed by atoms with Crippen molar-refractivity contribution < 1.29 is 23.4 Å². The number of alkyl halides is 2. The molecule has 1 aliphatic heterocycles. The molecule has 3 unspecified atom stereocenters. The molecule has 35 heavy (non-hydrogen) atoms. The molecular formula is C29H37F2NO3. The number of hydrogen-bond donors (Lipinski definition) is 1. The molecule has 1 saturated heterocycles. The van der Waals surface area contributed by atoms with Gasteiger partial charge >= 0.3 is 0 Å². The summed E-state index contributed by atoms with van der Waals surface area (Å²) in [5, 5.41) is 9.96. The van der Waals surface area contributed by atoms with Crippen molar-refractivity contribution in [2.24, 2.45) is 23.7 Å². The lowest BCUT2D eigenvalue weighted by Crippen LogP contribution is -2.39. The molecule has 2 fully saturated rings. The summed E-state index contributed by atoms with van der Waals surface area (Å²) in [7, 11) is 3.38. The Bertz CT molecular complexity index is 1010. The number of ether oxygens (including phenoxy) is 2. The standard InChI is InChI=1S/C29H37F2NO3/c1-18(19-4-5-19)25-17-29(30,31)26-16-23(33)10-11-24(26)27(25)20-6-8-22(9-7-20)32-14-12-21(13-15-32)28(34-2)35-3/h6-11,16,18-19,21,25,27-28,33H,4-5,12-15,17H2,1-3H3. The zero-order valence-corrected chi connectivity index (χ0v) is 20.9. The number of benzene rings is 2. The molecule has 5 rings (SSSR count). The minimum Gasteiger partial charge on any atom is -0.508 e. The predicted molar refractivity (Wildman–Crippen MR) is 133 cm³/mol. The van der Waals surface area contributed by atoms with Gasteiger partial charge in [-0.3, -0.25) is 0 Å². The number of aromatic hydroxyl groups is 1. The largest absolute Gasteiger partial charge is 0.508 e. The maximum Gasteiger partial charge on any atom is 0.274 e. The lowest BCUT2D eigenvalue weighted by molar-refractivity contribution is -0.141. The molecule has 4 nitrogen and oxygen atoms in total. The number of halogens is 2. The van der Waals surface area contributed by atoms with Crippen molar-refractivity contribution in [2.45, 2.75) is 57.2 Å². The fourth-order valence-corrected chi connectivity index (χ4v) is 6.58. The SMILES string of the molecule is COC(OC)C1CCN(c2ccc(C3c4ccc(O)cc4C(F)(F)CC3C(C)C3CC3)cc2)CC1. The van der Waals surface area contributed by atoms with Gasteiger partial charge in [-0.1, -0.05) is 25.1 Å². The first-order chi connectivity index (χ1) is 16.8. The smallest absolute Gasteiger partial charge is 0.274 e. The minimum atomic E-state index is -2.93. The zero-order chi connectivity index (χ0) is 24.7. The van der Waals surface area contributed by atoms with Crippen LogP contribution in [0, 0.1) is 23.7 Å². The second kappa shape index (κ2) is 9.70. The summed E-state index contributed by atoms with van der Waals surface area (Å²) in [5.74, 6) is -2.08. The van der Waals surface area contributed by atoms with E-state index < -0.39 is 5.92 Å². The summed E-state index contributed by atoms with van der Waals surface area (Å²) in [4.78, 5) is 2.38. The van der Waals surface area contributed by atoms with Gasteiger partial charge < -0.3 is 19.5 Å². The Labute approximate surface area is 207 Å².